The number of hydrogen-bond acceptors (Lipinski definition) is 7. The Balaban J connectivity index is 1.42. The summed E-state index contributed by atoms with van der Waals surface area (Å²) in [6.07, 6.45) is 0.904. The highest BCUT2D eigenvalue weighted by Gasteiger charge is 2.41. The molecule has 4 N–H and O–H groups in total. The van der Waals surface area contributed by atoms with Crippen LogP contribution in [0.1, 0.15) is 43.0 Å². The molecule has 1 aliphatic rings. The summed E-state index contributed by atoms with van der Waals surface area (Å²) in [7, 11) is 1.52. The Morgan fingerprint density at radius 3 is 2.52 bits per heavy atom. The number of alkyl halides is 1. The maximum Gasteiger partial charge on any atom is 0.249 e. The summed E-state index contributed by atoms with van der Waals surface area (Å²) in [4.78, 5) is 19.1. The van der Waals surface area contributed by atoms with Gasteiger partial charge in [-0.2, -0.15) is 0 Å². The van der Waals surface area contributed by atoms with Crippen LogP contribution in [0.15, 0.2) is 36.5 Å². The number of nitrogens with two attached hydrogens (primary N) is 1. The van der Waals surface area contributed by atoms with Crippen LogP contribution in [0.3, 0.4) is 0 Å². The smallest absolute Gasteiger partial charge is 0.249 e. The van der Waals surface area contributed by atoms with Gasteiger partial charge >= 0.3 is 0 Å². The Hall–Kier alpha value is -3.48. The Bertz CT molecular complexity index is 1320. The van der Waals surface area contributed by atoms with Gasteiger partial charge in [0.1, 0.15) is 24.3 Å². The monoisotopic (exact) mass is 564 g/mol. The summed E-state index contributed by atoms with van der Waals surface area (Å²) in [5, 5.41) is 10.0. The molecule has 1 aliphatic heterocycles. The molecule has 1 amide bonds. The maximum atomic E-state index is 15.9. The number of piperidine rings is 1. The van der Waals surface area contributed by atoms with E-state index in [1.807, 2.05) is 4.90 Å². The van der Waals surface area contributed by atoms with Crippen molar-refractivity contribution in [3.05, 3.63) is 65.1 Å². The fourth-order valence-corrected chi connectivity index (χ4v) is 5.30. The second-order valence-electron chi connectivity index (χ2n) is 9.90. The Morgan fingerprint density at radius 2 is 1.90 bits per heavy atom. The number of rotatable bonds is 11. The molecule has 4 rings (SSSR count). The van der Waals surface area contributed by atoms with E-state index in [1.165, 1.54) is 7.11 Å². The van der Waals surface area contributed by atoms with E-state index in [-0.39, 0.29) is 26.0 Å². The number of halogens is 4. The zero-order valence-corrected chi connectivity index (χ0v) is 22.1. The molecule has 1 fully saturated rings. The lowest BCUT2D eigenvalue weighted by atomic mass is 9.73. The van der Waals surface area contributed by atoms with Crippen LogP contribution in [-0.2, 0) is 11.3 Å². The normalized spacial score (nSPS) is 16.1. The first kappa shape index (κ1) is 29.5. The standard InChI is InChI=1S/C28H32F4N4O4/c1-39-19-2-3-24-20(14-19)25(17(15-33)16-34-24)21(30)4-5-28(27(37)35-38)6-8-36(9-7-28)10-11-40-26-22(31)12-18(29)13-23(26)32/h2-3,12-14,16,21,38H,4-11,15,33H2,1H3,(H,35,37). The van der Waals surface area contributed by atoms with Crippen LogP contribution in [0.4, 0.5) is 17.6 Å². The highest BCUT2D eigenvalue weighted by atomic mass is 19.1. The number of likely N-dealkylation sites (tertiary alicyclic amines) is 1. The first-order chi connectivity index (χ1) is 19.2. The minimum absolute atomic E-state index is 0.00295. The number of amides is 1. The van der Waals surface area contributed by atoms with Crippen molar-refractivity contribution >= 4 is 16.8 Å². The molecule has 2 heterocycles. The van der Waals surface area contributed by atoms with Gasteiger partial charge in [0, 0.05) is 42.4 Å². The number of ether oxygens (including phenoxy) is 2. The molecule has 1 aromatic heterocycles. The molecule has 0 spiro atoms. The zero-order chi connectivity index (χ0) is 28.9. The van der Waals surface area contributed by atoms with Gasteiger partial charge in [-0.25, -0.2) is 23.0 Å². The molecule has 0 saturated carbocycles. The highest BCUT2D eigenvalue weighted by Crippen LogP contribution is 2.41. The minimum Gasteiger partial charge on any atom is -0.497 e. The average Bonchev–Trinajstić information content (AvgIpc) is 2.96. The van der Waals surface area contributed by atoms with Crippen molar-refractivity contribution in [1.29, 1.82) is 0 Å². The minimum atomic E-state index is -1.45. The second kappa shape index (κ2) is 12.8. The summed E-state index contributed by atoms with van der Waals surface area (Å²) in [6.45, 7) is 1.13. The molecule has 12 heteroatoms. The zero-order valence-electron chi connectivity index (χ0n) is 22.1. The first-order valence-electron chi connectivity index (χ1n) is 12.9. The van der Waals surface area contributed by atoms with Gasteiger partial charge in [-0.05, 0) is 62.5 Å². The molecule has 1 unspecified atom stereocenters. The van der Waals surface area contributed by atoms with Crippen LogP contribution in [0, 0.1) is 22.9 Å². The van der Waals surface area contributed by atoms with Crippen molar-refractivity contribution in [3.8, 4) is 11.5 Å². The highest BCUT2D eigenvalue weighted by molar-refractivity contribution is 5.85. The molecule has 8 nitrogen and oxygen atoms in total. The fraction of sp³-hybridized carbons (Fsp3) is 0.429. The molecule has 1 atom stereocenters. The number of aromatic nitrogens is 1. The van der Waals surface area contributed by atoms with Gasteiger partial charge in [-0.15, -0.1) is 0 Å². The molecule has 1 saturated heterocycles. The average molecular weight is 565 g/mol. The molecule has 3 aromatic rings. The summed E-state index contributed by atoms with van der Waals surface area (Å²) in [5.41, 5.74) is 8.16. The number of fused-ring (bicyclic) bond motifs is 1. The number of hydrogen-bond donors (Lipinski definition) is 3. The number of carbonyl (C=O) groups is 1. The van der Waals surface area contributed by atoms with Gasteiger partial charge in [0.05, 0.1) is 18.0 Å². The number of pyridine rings is 1. The number of nitrogens with zero attached hydrogens (tertiary/aromatic N) is 2. The van der Waals surface area contributed by atoms with E-state index in [0.717, 1.165) is 0 Å². The number of methoxy groups -OCH3 is 1. The van der Waals surface area contributed by atoms with E-state index in [4.69, 9.17) is 15.2 Å². The van der Waals surface area contributed by atoms with Crippen LogP contribution in [0.25, 0.3) is 10.9 Å². The van der Waals surface area contributed by atoms with E-state index >= 15 is 4.39 Å². The van der Waals surface area contributed by atoms with Gasteiger partial charge in [0.15, 0.2) is 17.4 Å². The van der Waals surface area contributed by atoms with Crippen molar-refractivity contribution < 1.29 is 37.0 Å². The quantitative estimate of drug-likeness (QED) is 0.178. The Labute approximate surface area is 229 Å². The van der Waals surface area contributed by atoms with Crippen molar-refractivity contribution in [2.45, 2.75) is 38.4 Å². The van der Waals surface area contributed by atoms with Gasteiger partial charge < -0.3 is 15.2 Å². The first-order valence-corrected chi connectivity index (χ1v) is 12.9. The summed E-state index contributed by atoms with van der Waals surface area (Å²) in [5.74, 6) is -3.99. The van der Waals surface area contributed by atoms with Crippen molar-refractivity contribution in [2.24, 2.45) is 11.1 Å². The maximum absolute atomic E-state index is 15.9. The molecule has 2 aromatic carbocycles. The van der Waals surface area contributed by atoms with Gasteiger partial charge in [-0.3, -0.25) is 19.9 Å². The van der Waals surface area contributed by atoms with E-state index in [9.17, 15) is 23.2 Å². The van der Waals surface area contributed by atoms with Crippen LogP contribution in [0.2, 0.25) is 0 Å². The fourth-order valence-electron chi connectivity index (χ4n) is 5.30. The van der Waals surface area contributed by atoms with E-state index in [2.05, 4.69) is 4.98 Å². The third-order valence-electron chi connectivity index (χ3n) is 7.62. The van der Waals surface area contributed by atoms with Crippen LogP contribution < -0.4 is 20.7 Å². The SMILES string of the molecule is COc1ccc2ncc(CN)c(C(F)CCC3(C(=O)NO)CCN(CCOc4c(F)cc(F)cc4F)CC3)c2c1. The van der Waals surface area contributed by atoms with Crippen LogP contribution >= 0.6 is 0 Å². The van der Waals surface area contributed by atoms with Crippen molar-refractivity contribution in [2.75, 3.05) is 33.4 Å². The lowest BCUT2D eigenvalue weighted by Crippen LogP contribution is -2.49. The van der Waals surface area contributed by atoms with Gasteiger partial charge in [-0.1, -0.05) is 0 Å². The van der Waals surface area contributed by atoms with Crippen LogP contribution in [-0.4, -0.2) is 54.3 Å². The third kappa shape index (κ3) is 6.29. The lowest BCUT2D eigenvalue weighted by molar-refractivity contribution is -0.143. The number of hydroxylamine groups is 1. The van der Waals surface area contributed by atoms with Crippen LogP contribution in [0.5, 0.6) is 11.5 Å². The van der Waals surface area contributed by atoms with Gasteiger partial charge in [0.25, 0.3) is 0 Å². The number of carbonyl (C=O) groups excluding carboxylic acids is 1. The largest absolute Gasteiger partial charge is 0.497 e. The molecule has 40 heavy (non-hydrogen) atoms. The van der Waals surface area contributed by atoms with Crippen molar-refractivity contribution in [3.63, 3.8) is 0 Å². The summed E-state index contributed by atoms with van der Waals surface area (Å²) < 4.78 is 67.1. The lowest BCUT2D eigenvalue weighted by Gasteiger charge is -2.40. The Morgan fingerprint density at radius 1 is 1.20 bits per heavy atom. The van der Waals surface area contributed by atoms with E-state index in [0.29, 0.717) is 72.4 Å². The predicted octanol–water partition coefficient (Wildman–Crippen LogP) is 4.58. The number of benzene rings is 2. The van der Waals surface area contributed by atoms with Crippen molar-refractivity contribution in [1.82, 2.24) is 15.4 Å². The third-order valence-corrected chi connectivity index (χ3v) is 7.62. The second-order valence-corrected chi connectivity index (χ2v) is 9.90. The Kier molecular flexibility index (Phi) is 9.44. The van der Waals surface area contributed by atoms with E-state index < -0.39 is 40.7 Å². The molecular weight excluding hydrogens is 532 g/mol. The predicted molar refractivity (Wildman–Crippen MR) is 139 cm³/mol. The topological polar surface area (TPSA) is 110 Å². The van der Waals surface area contributed by atoms with Gasteiger partial charge in [0.2, 0.25) is 5.91 Å². The molecular formula is C28H32F4N4O4. The number of nitrogens with one attached hydrogen (secondary N) is 1. The molecule has 216 valence electrons. The van der Waals surface area contributed by atoms with E-state index in [1.54, 1.807) is 29.9 Å². The molecule has 0 bridgehead atoms. The molecule has 0 radical (unpaired) electrons. The summed E-state index contributed by atoms with van der Waals surface area (Å²) in [6, 6.07) is 6.27. The summed E-state index contributed by atoms with van der Waals surface area (Å²) >= 11 is 0. The molecule has 0 aliphatic carbocycles.